The molecule has 0 spiro atoms. The first-order valence-electron chi connectivity index (χ1n) is 6.43. The Labute approximate surface area is 134 Å². The van der Waals surface area contributed by atoms with Crippen molar-refractivity contribution < 1.29 is 4.79 Å². The number of carbonyl (C=O) groups excluding carboxylic acids is 1. The van der Waals surface area contributed by atoms with E-state index in [0.29, 0.717) is 18.7 Å². The number of thiazole rings is 1. The average Bonchev–Trinajstić information content (AvgIpc) is 2.99. The molecule has 2 heterocycles. The van der Waals surface area contributed by atoms with Crippen molar-refractivity contribution in [2.24, 2.45) is 0 Å². The summed E-state index contributed by atoms with van der Waals surface area (Å²) in [5.41, 5.74) is 2.72. The van der Waals surface area contributed by atoms with Crippen molar-refractivity contribution in [2.75, 3.05) is 5.32 Å². The first-order chi connectivity index (χ1) is 10.2. The summed E-state index contributed by atoms with van der Waals surface area (Å²) < 4.78 is 0.959. The van der Waals surface area contributed by atoms with Crippen LogP contribution in [0.1, 0.15) is 12.1 Å². The Morgan fingerprint density at radius 1 is 1.29 bits per heavy atom. The van der Waals surface area contributed by atoms with Crippen LogP contribution in [-0.2, 0) is 11.2 Å². The fraction of sp³-hybridized carbons (Fsp3) is 0.133. The monoisotopic (exact) mass is 361 g/mol. The van der Waals surface area contributed by atoms with Crippen LogP contribution in [-0.4, -0.2) is 15.9 Å². The van der Waals surface area contributed by atoms with Crippen molar-refractivity contribution in [2.45, 2.75) is 12.8 Å². The van der Waals surface area contributed by atoms with Crippen LogP contribution in [0.5, 0.6) is 0 Å². The topological polar surface area (TPSA) is 54.9 Å². The van der Waals surface area contributed by atoms with Crippen molar-refractivity contribution in [3.05, 3.63) is 51.5 Å². The van der Waals surface area contributed by atoms with E-state index >= 15 is 0 Å². The van der Waals surface area contributed by atoms with E-state index in [2.05, 4.69) is 31.2 Å². The molecule has 0 saturated heterocycles. The second-order valence-electron chi connectivity index (χ2n) is 4.55. The summed E-state index contributed by atoms with van der Waals surface area (Å²) in [7, 11) is 0. The van der Waals surface area contributed by atoms with Gasteiger partial charge in [0, 0.05) is 27.9 Å². The van der Waals surface area contributed by atoms with Gasteiger partial charge in [0.25, 0.3) is 0 Å². The average molecular weight is 362 g/mol. The van der Waals surface area contributed by atoms with Crippen LogP contribution in [0, 0.1) is 0 Å². The zero-order chi connectivity index (χ0) is 14.7. The molecule has 0 bridgehead atoms. The number of rotatable bonds is 4. The molecule has 0 radical (unpaired) electrons. The third-order valence-electron chi connectivity index (χ3n) is 3.08. The molecule has 1 aromatic carbocycles. The first-order valence-corrected chi connectivity index (χ1v) is 8.17. The summed E-state index contributed by atoms with van der Waals surface area (Å²) in [5.74, 6) is 0.542. The number of nitrogens with one attached hydrogen (secondary N) is 1. The smallest absolute Gasteiger partial charge is 0.225 e. The molecule has 3 aromatic rings. The highest BCUT2D eigenvalue weighted by Gasteiger charge is 2.08. The number of benzene rings is 1. The zero-order valence-electron chi connectivity index (χ0n) is 11.0. The number of pyridine rings is 1. The van der Waals surface area contributed by atoms with Gasteiger partial charge in [0.05, 0.1) is 11.2 Å². The summed E-state index contributed by atoms with van der Waals surface area (Å²) in [6.07, 6.45) is 2.74. The zero-order valence-corrected chi connectivity index (χ0v) is 13.4. The lowest BCUT2D eigenvalue weighted by Crippen LogP contribution is -2.13. The van der Waals surface area contributed by atoms with E-state index < -0.39 is 0 Å². The Kier molecular flexibility index (Phi) is 4.26. The van der Waals surface area contributed by atoms with Crippen LogP contribution in [0.2, 0.25) is 0 Å². The molecule has 3 rings (SSSR count). The van der Waals surface area contributed by atoms with E-state index in [1.165, 1.54) is 11.3 Å². The minimum atomic E-state index is -0.0528. The molecule has 0 aliphatic heterocycles. The predicted molar refractivity (Wildman–Crippen MR) is 88.5 cm³/mol. The van der Waals surface area contributed by atoms with E-state index in [4.69, 9.17) is 0 Å². The van der Waals surface area contributed by atoms with Crippen molar-refractivity contribution >= 4 is 49.8 Å². The molecule has 0 fully saturated rings. The summed E-state index contributed by atoms with van der Waals surface area (Å²) >= 11 is 4.98. The Morgan fingerprint density at radius 2 is 2.19 bits per heavy atom. The molecule has 0 unspecified atom stereocenters. The number of hydrogen-bond acceptors (Lipinski definition) is 4. The standard InChI is InChI=1S/C15H12BrN3OS/c16-11-2-1-10-5-6-17-15(13(10)7-11)19-14(20)4-3-12-8-21-9-18-12/h1-2,5-9H,3-4H2,(H,17,19,20). The SMILES string of the molecule is O=C(CCc1cscn1)Nc1nccc2ccc(Br)cc12. The molecule has 1 amide bonds. The van der Waals surface area contributed by atoms with E-state index in [9.17, 15) is 4.79 Å². The number of amides is 1. The van der Waals surface area contributed by atoms with Gasteiger partial charge in [-0.05, 0) is 30.0 Å². The third-order valence-corrected chi connectivity index (χ3v) is 4.21. The molecule has 106 valence electrons. The molecule has 0 aliphatic carbocycles. The number of nitrogens with zero attached hydrogens (tertiary/aromatic N) is 2. The lowest BCUT2D eigenvalue weighted by atomic mass is 10.1. The van der Waals surface area contributed by atoms with Crippen LogP contribution in [0.4, 0.5) is 5.82 Å². The molecule has 4 nitrogen and oxygen atoms in total. The Hall–Kier alpha value is -1.79. The van der Waals surface area contributed by atoms with Gasteiger partial charge in [0.1, 0.15) is 5.82 Å². The van der Waals surface area contributed by atoms with E-state index in [0.717, 1.165) is 20.9 Å². The number of aromatic nitrogens is 2. The molecule has 21 heavy (non-hydrogen) atoms. The Bertz CT molecular complexity index is 774. The molecule has 0 aliphatic rings. The van der Waals surface area contributed by atoms with E-state index in [1.54, 1.807) is 11.7 Å². The number of carbonyl (C=O) groups is 1. The number of halogens is 1. The van der Waals surface area contributed by atoms with Gasteiger partial charge in [-0.3, -0.25) is 4.79 Å². The van der Waals surface area contributed by atoms with Crippen molar-refractivity contribution in [3.8, 4) is 0 Å². The van der Waals surface area contributed by atoms with Crippen LogP contribution in [0.3, 0.4) is 0 Å². The highest BCUT2D eigenvalue weighted by molar-refractivity contribution is 9.10. The van der Waals surface area contributed by atoms with Crippen LogP contribution < -0.4 is 5.32 Å². The molecular formula is C15H12BrN3OS. The maximum atomic E-state index is 12.0. The van der Waals surface area contributed by atoms with Crippen molar-refractivity contribution in [3.63, 3.8) is 0 Å². The molecule has 0 saturated carbocycles. The molecule has 2 aromatic heterocycles. The minimum absolute atomic E-state index is 0.0528. The van der Waals surface area contributed by atoms with Crippen LogP contribution in [0.25, 0.3) is 10.8 Å². The number of hydrogen-bond donors (Lipinski definition) is 1. The van der Waals surface area contributed by atoms with Gasteiger partial charge in [0.2, 0.25) is 5.91 Å². The lowest BCUT2D eigenvalue weighted by molar-refractivity contribution is -0.116. The molecule has 6 heteroatoms. The van der Waals surface area contributed by atoms with Crippen LogP contribution in [0.15, 0.2) is 45.8 Å². The number of anilines is 1. The number of aryl methyl sites for hydroxylation is 1. The Morgan fingerprint density at radius 3 is 3.00 bits per heavy atom. The van der Waals surface area contributed by atoms with E-state index in [1.807, 2.05) is 29.6 Å². The van der Waals surface area contributed by atoms with Gasteiger partial charge in [-0.2, -0.15) is 0 Å². The minimum Gasteiger partial charge on any atom is -0.310 e. The lowest BCUT2D eigenvalue weighted by Gasteiger charge is -2.07. The maximum absolute atomic E-state index is 12.0. The van der Waals surface area contributed by atoms with Crippen LogP contribution >= 0.6 is 27.3 Å². The largest absolute Gasteiger partial charge is 0.310 e. The summed E-state index contributed by atoms with van der Waals surface area (Å²) in [6, 6.07) is 7.84. The number of fused-ring (bicyclic) bond motifs is 1. The highest BCUT2D eigenvalue weighted by atomic mass is 79.9. The molecule has 1 N–H and O–H groups in total. The van der Waals surface area contributed by atoms with Crippen molar-refractivity contribution in [1.29, 1.82) is 0 Å². The summed E-state index contributed by atoms with van der Waals surface area (Å²) in [6.45, 7) is 0. The van der Waals surface area contributed by atoms with Gasteiger partial charge >= 0.3 is 0 Å². The summed E-state index contributed by atoms with van der Waals surface area (Å²) in [5, 5.41) is 6.81. The fourth-order valence-corrected chi connectivity index (χ4v) is 2.99. The maximum Gasteiger partial charge on any atom is 0.225 e. The van der Waals surface area contributed by atoms with Gasteiger partial charge in [-0.1, -0.05) is 22.0 Å². The fourth-order valence-electron chi connectivity index (χ4n) is 2.04. The molecule has 0 atom stereocenters. The van der Waals surface area contributed by atoms with Gasteiger partial charge < -0.3 is 5.32 Å². The first kappa shape index (κ1) is 14.2. The van der Waals surface area contributed by atoms with Gasteiger partial charge in [-0.25, -0.2) is 9.97 Å². The molecular weight excluding hydrogens is 350 g/mol. The van der Waals surface area contributed by atoms with Crippen molar-refractivity contribution in [1.82, 2.24) is 9.97 Å². The third kappa shape index (κ3) is 3.46. The second kappa shape index (κ2) is 6.32. The normalized spacial score (nSPS) is 10.7. The predicted octanol–water partition coefficient (Wildman–Crippen LogP) is 4.03. The highest BCUT2D eigenvalue weighted by Crippen LogP contribution is 2.24. The van der Waals surface area contributed by atoms with E-state index in [-0.39, 0.29) is 5.91 Å². The van der Waals surface area contributed by atoms with Gasteiger partial charge in [0.15, 0.2) is 0 Å². The second-order valence-corrected chi connectivity index (χ2v) is 6.19. The Balaban J connectivity index is 1.75. The van der Waals surface area contributed by atoms with Gasteiger partial charge in [-0.15, -0.1) is 11.3 Å². The quantitative estimate of drug-likeness (QED) is 0.763. The summed E-state index contributed by atoms with van der Waals surface area (Å²) in [4.78, 5) is 20.5.